The second kappa shape index (κ2) is 14.0. The van der Waals surface area contributed by atoms with Crippen molar-refractivity contribution < 1.29 is 23.4 Å². The summed E-state index contributed by atoms with van der Waals surface area (Å²) in [7, 11) is -4.89. The lowest BCUT2D eigenvalue weighted by molar-refractivity contribution is -0.351. The maximum Gasteiger partial charge on any atom is 0.261 e. The number of ether oxygens (including phenoxy) is 2. The van der Waals surface area contributed by atoms with Crippen LogP contribution in [0.1, 0.15) is 94.4 Å². The zero-order valence-electron chi connectivity index (χ0n) is 28.3. The van der Waals surface area contributed by atoms with Crippen LogP contribution in [0.25, 0.3) is 0 Å². The number of aliphatic hydroxyl groups is 1. The van der Waals surface area contributed by atoms with Gasteiger partial charge in [-0.15, -0.1) is 0 Å². The van der Waals surface area contributed by atoms with Crippen molar-refractivity contribution in [3.63, 3.8) is 0 Å². The molecular formula is C36H58O5Si2. The van der Waals surface area contributed by atoms with Crippen LogP contribution in [0.4, 0.5) is 0 Å². The van der Waals surface area contributed by atoms with E-state index in [-0.39, 0.29) is 17.2 Å². The molecule has 1 spiro atoms. The van der Waals surface area contributed by atoms with E-state index in [2.05, 4.69) is 123 Å². The van der Waals surface area contributed by atoms with E-state index < -0.39 is 28.5 Å². The molecule has 1 N–H and O–H groups in total. The molecule has 4 rings (SSSR count). The van der Waals surface area contributed by atoms with Gasteiger partial charge in [-0.1, -0.05) is 123 Å². The van der Waals surface area contributed by atoms with Crippen molar-refractivity contribution in [3.05, 3.63) is 60.7 Å². The molecule has 2 fully saturated rings. The van der Waals surface area contributed by atoms with Crippen molar-refractivity contribution in [1.82, 2.24) is 0 Å². The monoisotopic (exact) mass is 626 g/mol. The minimum atomic E-state index is -2.66. The largest absolute Gasteiger partial charge is 0.410 e. The van der Waals surface area contributed by atoms with Gasteiger partial charge >= 0.3 is 0 Å². The van der Waals surface area contributed by atoms with E-state index in [4.69, 9.17) is 18.3 Å². The van der Waals surface area contributed by atoms with Gasteiger partial charge in [-0.3, -0.25) is 0 Å². The predicted molar refractivity (Wildman–Crippen MR) is 182 cm³/mol. The molecule has 0 aromatic heterocycles. The first-order chi connectivity index (χ1) is 20.3. The van der Waals surface area contributed by atoms with Crippen LogP contribution in [-0.2, 0) is 18.3 Å². The Hall–Kier alpha value is -1.33. The van der Waals surface area contributed by atoms with Gasteiger partial charge in [0, 0.05) is 19.4 Å². The first-order valence-corrected chi connectivity index (χ1v) is 20.8. The smallest absolute Gasteiger partial charge is 0.261 e. The zero-order valence-corrected chi connectivity index (χ0v) is 30.3. The average Bonchev–Trinajstić information content (AvgIpc) is 2.96. The lowest BCUT2D eigenvalue weighted by Crippen LogP contribution is -2.67. The van der Waals surface area contributed by atoms with Gasteiger partial charge in [0.05, 0.1) is 18.8 Å². The van der Waals surface area contributed by atoms with Crippen molar-refractivity contribution in [1.29, 1.82) is 0 Å². The highest BCUT2D eigenvalue weighted by molar-refractivity contribution is 6.99. The van der Waals surface area contributed by atoms with E-state index >= 15 is 0 Å². The molecule has 0 amide bonds. The first kappa shape index (κ1) is 34.5. The summed E-state index contributed by atoms with van der Waals surface area (Å²) >= 11 is 0. The maximum absolute atomic E-state index is 11.9. The fraction of sp³-hybridized carbons (Fsp3) is 0.667. The standard InChI is InChI=1S/C36H58O5Si2/c1-27(2)42(28(3)4,29(5)6)41-33-26-30(40-36(34(33)37)23-16-17-24-38-36)22-25-39-43(35(7,8)9,31-18-12-10-13-19-31)32-20-14-11-15-21-32/h10-15,18-21,27-30,33-34,37H,16-17,22-26H2,1-9H3/t30-,33+,34-,36-/m1/s1. The highest BCUT2D eigenvalue weighted by Crippen LogP contribution is 2.47. The van der Waals surface area contributed by atoms with Crippen molar-refractivity contribution in [3.8, 4) is 0 Å². The Morgan fingerprint density at radius 2 is 1.40 bits per heavy atom. The summed E-state index contributed by atoms with van der Waals surface area (Å²) in [5.41, 5.74) is 1.30. The highest BCUT2D eigenvalue weighted by atomic mass is 28.4. The molecule has 2 aliphatic heterocycles. The van der Waals surface area contributed by atoms with Crippen LogP contribution in [-0.4, -0.2) is 59.1 Å². The molecule has 7 heteroatoms. The summed E-state index contributed by atoms with van der Waals surface area (Å²) in [6.07, 6.45) is 2.80. The molecule has 0 bridgehead atoms. The SMILES string of the molecule is CC(C)[Si](O[C@H]1C[C@@H](CCO[Si](c2ccccc2)(c2ccccc2)C(C)(C)C)O[C@]2(CCCCO2)[C@@H]1O)(C(C)C)C(C)C. The molecule has 5 nitrogen and oxygen atoms in total. The van der Waals surface area contributed by atoms with Gasteiger partial charge in [0.1, 0.15) is 6.10 Å². The number of aliphatic hydroxyl groups excluding tert-OH is 1. The van der Waals surface area contributed by atoms with Gasteiger partial charge < -0.3 is 23.4 Å². The summed E-state index contributed by atoms with van der Waals surface area (Å²) < 4.78 is 27.6. The number of rotatable bonds is 11. The molecule has 2 aliphatic rings. The molecule has 2 heterocycles. The van der Waals surface area contributed by atoms with Crippen LogP contribution in [0.3, 0.4) is 0 Å². The molecule has 0 radical (unpaired) electrons. The molecule has 43 heavy (non-hydrogen) atoms. The van der Waals surface area contributed by atoms with Crippen LogP contribution in [0, 0.1) is 0 Å². The van der Waals surface area contributed by atoms with Crippen molar-refractivity contribution in [2.45, 2.75) is 140 Å². The lowest BCUT2D eigenvalue weighted by atomic mass is 9.89. The van der Waals surface area contributed by atoms with Gasteiger partial charge in [0.25, 0.3) is 8.32 Å². The minimum Gasteiger partial charge on any atom is -0.410 e. The third-order valence-corrected chi connectivity index (χ3v) is 21.3. The summed E-state index contributed by atoms with van der Waals surface area (Å²) in [4.78, 5) is 0. The topological polar surface area (TPSA) is 57.2 Å². The Morgan fingerprint density at radius 3 is 1.84 bits per heavy atom. The summed E-state index contributed by atoms with van der Waals surface area (Å²) in [6.45, 7) is 22.0. The quantitative estimate of drug-likeness (QED) is 0.261. The van der Waals surface area contributed by atoms with Crippen LogP contribution in [0.2, 0.25) is 21.7 Å². The van der Waals surface area contributed by atoms with Gasteiger partial charge in [-0.25, -0.2) is 0 Å². The van der Waals surface area contributed by atoms with Crippen LogP contribution < -0.4 is 10.4 Å². The zero-order chi connectivity index (χ0) is 31.5. The van der Waals surface area contributed by atoms with E-state index in [1.165, 1.54) is 10.4 Å². The van der Waals surface area contributed by atoms with Crippen LogP contribution in [0.15, 0.2) is 60.7 Å². The Balaban J connectivity index is 1.64. The summed E-state index contributed by atoms with van der Waals surface area (Å²) in [5, 5.41) is 14.3. The minimum absolute atomic E-state index is 0.0876. The maximum atomic E-state index is 11.9. The Kier molecular flexibility index (Phi) is 11.2. The third-order valence-electron chi connectivity index (χ3n) is 10.2. The molecule has 0 saturated carbocycles. The van der Waals surface area contributed by atoms with E-state index in [0.29, 0.717) is 42.7 Å². The lowest BCUT2D eigenvalue weighted by Gasteiger charge is -2.53. The first-order valence-electron chi connectivity index (χ1n) is 16.7. The summed E-state index contributed by atoms with van der Waals surface area (Å²) in [6, 6.07) is 21.6. The van der Waals surface area contributed by atoms with Gasteiger partial charge in [-0.05, 0) is 51.3 Å². The van der Waals surface area contributed by atoms with Gasteiger partial charge in [0.2, 0.25) is 8.32 Å². The Labute approximate surface area is 263 Å². The van der Waals surface area contributed by atoms with Gasteiger partial charge in [0.15, 0.2) is 5.79 Å². The molecular weight excluding hydrogens is 569 g/mol. The number of hydrogen-bond donors (Lipinski definition) is 1. The average molecular weight is 627 g/mol. The van der Waals surface area contributed by atoms with Crippen molar-refractivity contribution in [2.24, 2.45) is 0 Å². The van der Waals surface area contributed by atoms with Gasteiger partial charge in [-0.2, -0.15) is 0 Å². The second-order valence-corrected chi connectivity index (χ2v) is 24.5. The fourth-order valence-electron chi connectivity index (χ4n) is 8.25. The molecule has 2 aromatic carbocycles. The predicted octanol–water partition coefficient (Wildman–Crippen LogP) is 7.56. The van der Waals surface area contributed by atoms with Crippen LogP contribution in [0.5, 0.6) is 0 Å². The molecule has 240 valence electrons. The number of hydrogen-bond acceptors (Lipinski definition) is 5. The molecule has 0 unspecified atom stereocenters. The molecule has 2 saturated heterocycles. The van der Waals surface area contributed by atoms with Crippen LogP contribution >= 0.6 is 0 Å². The molecule has 2 aromatic rings. The van der Waals surface area contributed by atoms with E-state index in [0.717, 1.165) is 19.3 Å². The fourth-order valence-corrected chi connectivity index (χ4v) is 18.4. The summed E-state index contributed by atoms with van der Waals surface area (Å²) in [5.74, 6) is -1.01. The Morgan fingerprint density at radius 1 is 0.860 bits per heavy atom. The van der Waals surface area contributed by atoms with E-state index in [1.807, 2.05) is 0 Å². The third kappa shape index (κ3) is 6.79. The van der Waals surface area contributed by atoms with E-state index in [1.54, 1.807) is 0 Å². The van der Waals surface area contributed by atoms with Crippen molar-refractivity contribution in [2.75, 3.05) is 13.2 Å². The van der Waals surface area contributed by atoms with E-state index in [9.17, 15) is 5.11 Å². The Bertz CT molecular complexity index is 1060. The highest BCUT2D eigenvalue weighted by Gasteiger charge is 2.56. The molecule has 0 aliphatic carbocycles. The van der Waals surface area contributed by atoms with Crippen molar-refractivity contribution >= 4 is 27.0 Å². The normalized spacial score (nSPS) is 25.7. The number of benzene rings is 2. The second-order valence-electron chi connectivity index (χ2n) is 14.8. The molecule has 4 atom stereocenters.